The van der Waals surface area contributed by atoms with Crippen LogP contribution >= 0.6 is 34.8 Å². The first-order valence-corrected chi connectivity index (χ1v) is 4.77. The fourth-order valence-corrected chi connectivity index (χ4v) is 1.31. The summed E-state index contributed by atoms with van der Waals surface area (Å²) < 4.78 is 16.9. The first-order valence-electron chi connectivity index (χ1n) is 3.63. The van der Waals surface area contributed by atoms with Crippen LogP contribution in [0.2, 0.25) is 15.1 Å². The van der Waals surface area contributed by atoms with Crippen LogP contribution in [0.25, 0.3) is 0 Å². The van der Waals surface area contributed by atoms with Crippen LogP contribution in [-0.2, 0) is 4.79 Å². The van der Waals surface area contributed by atoms with Crippen LogP contribution in [0.4, 0.5) is 4.39 Å². The summed E-state index contributed by atoms with van der Waals surface area (Å²) in [5, 5.41) is 0.187. The summed E-state index contributed by atoms with van der Waals surface area (Å²) in [5.74, 6) is -2.53. The van der Waals surface area contributed by atoms with Gasteiger partial charge in [0.2, 0.25) is 5.83 Å². The fraction of sp³-hybridized carbons (Fsp3) is 0. The van der Waals surface area contributed by atoms with Gasteiger partial charge in [-0.3, -0.25) is 0 Å². The van der Waals surface area contributed by atoms with Gasteiger partial charge >= 0.3 is 5.97 Å². The highest BCUT2D eigenvalue weighted by Crippen LogP contribution is 2.37. The molecule has 0 aliphatic rings. The molecule has 0 saturated heterocycles. The fourth-order valence-electron chi connectivity index (χ4n) is 0.742. The van der Waals surface area contributed by atoms with Crippen molar-refractivity contribution >= 4 is 40.8 Å². The number of carbonyl (C=O) groups is 1. The Morgan fingerprint density at radius 2 is 1.87 bits per heavy atom. The van der Waals surface area contributed by atoms with Gasteiger partial charge in [-0.2, -0.15) is 4.39 Å². The van der Waals surface area contributed by atoms with E-state index in [0.717, 1.165) is 0 Å². The molecule has 1 aromatic rings. The van der Waals surface area contributed by atoms with E-state index in [-0.39, 0.29) is 20.8 Å². The lowest BCUT2D eigenvalue weighted by Crippen LogP contribution is -2.07. The number of halogens is 4. The molecule has 0 aliphatic carbocycles. The summed E-state index contributed by atoms with van der Waals surface area (Å²) in [7, 11) is 0. The van der Waals surface area contributed by atoms with Gasteiger partial charge in [0.05, 0.1) is 10.0 Å². The van der Waals surface area contributed by atoms with Gasteiger partial charge in [-0.1, -0.05) is 41.4 Å². The number of hydrogen-bond donors (Lipinski definition) is 0. The van der Waals surface area contributed by atoms with E-state index in [9.17, 15) is 9.18 Å². The number of carbonyl (C=O) groups excluding carboxylic acids is 1. The molecule has 0 amide bonds. The van der Waals surface area contributed by atoms with Crippen LogP contribution in [0.1, 0.15) is 0 Å². The molecule has 0 spiro atoms. The molecule has 0 N–H and O–H groups in total. The zero-order valence-corrected chi connectivity index (χ0v) is 9.46. The van der Waals surface area contributed by atoms with Crippen molar-refractivity contribution in [2.45, 2.75) is 0 Å². The van der Waals surface area contributed by atoms with Crippen molar-refractivity contribution in [1.29, 1.82) is 0 Å². The highest BCUT2D eigenvalue weighted by molar-refractivity contribution is 6.48. The van der Waals surface area contributed by atoms with Gasteiger partial charge in [0.25, 0.3) is 0 Å². The van der Waals surface area contributed by atoms with Crippen molar-refractivity contribution in [3.8, 4) is 5.75 Å². The minimum Gasteiger partial charge on any atom is -0.420 e. The topological polar surface area (TPSA) is 26.3 Å². The lowest BCUT2D eigenvalue weighted by molar-refractivity contribution is -0.131. The van der Waals surface area contributed by atoms with Crippen molar-refractivity contribution in [2.24, 2.45) is 0 Å². The lowest BCUT2D eigenvalue weighted by atomic mass is 10.3. The van der Waals surface area contributed by atoms with Gasteiger partial charge in [0, 0.05) is 0 Å². The molecule has 2 nitrogen and oxygen atoms in total. The van der Waals surface area contributed by atoms with Crippen LogP contribution in [0.15, 0.2) is 24.5 Å². The average molecular weight is 269 g/mol. The standard InChI is InChI=1S/C9H4Cl3FO2/c1-4(13)9(14)15-6-3-2-5(10)7(11)8(6)12/h2-3H,1H2. The molecule has 15 heavy (non-hydrogen) atoms. The van der Waals surface area contributed by atoms with Crippen molar-refractivity contribution in [2.75, 3.05) is 0 Å². The van der Waals surface area contributed by atoms with Crippen LogP contribution in [0, 0.1) is 0 Å². The Kier molecular flexibility index (Phi) is 3.97. The quantitative estimate of drug-likeness (QED) is 0.350. The Morgan fingerprint density at radius 1 is 1.27 bits per heavy atom. The third-order valence-electron chi connectivity index (χ3n) is 1.42. The van der Waals surface area contributed by atoms with E-state index in [0.29, 0.717) is 0 Å². The Hall–Kier alpha value is -0.770. The smallest absolute Gasteiger partial charge is 0.371 e. The van der Waals surface area contributed by atoms with Crippen LogP contribution in [0.3, 0.4) is 0 Å². The average Bonchev–Trinajstić information content (AvgIpc) is 2.18. The maximum Gasteiger partial charge on any atom is 0.371 e. The van der Waals surface area contributed by atoms with E-state index in [2.05, 4.69) is 11.3 Å². The van der Waals surface area contributed by atoms with E-state index < -0.39 is 11.8 Å². The number of ether oxygens (including phenoxy) is 1. The molecule has 80 valence electrons. The van der Waals surface area contributed by atoms with E-state index in [1.165, 1.54) is 12.1 Å². The number of esters is 1. The van der Waals surface area contributed by atoms with Gasteiger partial charge in [-0.15, -0.1) is 0 Å². The lowest BCUT2D eigenvalue weighted by Gasteiger charge is -2.06. The molecule has 1 rings (SSSR count). The van der Waals surface area contributed by atoms with Crippen molar-refractivity contribution < 1.29 is 13.9 Å². The van der Waals surface area contributed by atoms with Crippen molar-refractivity contribution in [3.05, 3.63) is 39.6 Å². The summed E-state index contributed by atoms with van der Waals surface area (Å²) in [6, 6.07) is 2.68. The predicted molar refractivity (Wildman–Crippen MR) is 57.4 cm³/mol. The second kappa shape index (κ2) is 4.84. The van der Waals surface area contributed by atoms with Crippen LogP contribution < -0.4 is 4.74 Å². The molecule has 0 saturated carbocycles. The molecule has 0 heterocycles. The third-order valence-corrected chi connectivity index (χ3v) is 2.70. The third kappa shape index (κ3) is 2.84. The molecular weight excluding hydrogens is 265 g/mol. The highest BCUT2D eigenvalue weighted by atomic mass is 35.5. The molecule has 0 fully saturated rings. The summed E-state index contributed by atoms with van der Waals surface area (Å²) in [5.41, 5.74) is 0. The zero-order chi connectivity index (χ0) is 11.6. The number of benzene rings is 1. The Bertz CT molecular complexity index is 432. The van der Waals surface area contributed by atoms with Crippen molar-refractivity contribution in [1.82, 2.24) is 0 Å². The Labute approximate surface area is 100 Å². The van der Waals surface area contributed by atoms with E-state index in [4.69, 9.17) is 34.8 Å². The van der Waals surface area contributed by atoms with Crippen molar-refractivity contribution in [3.63, 3.8) is 0 Å². The summed E-state index contributed by atoms with van der Waals surface area (Å²) >= 11 is 17.0. The minimum absolute atomic E-state index is 0.0353. The van der Waals surface area contributed by atoms with Crippen LogP contribution in [0.5, 0.6) is 5.75 Å². The summed E-state index contributed by atoms with van der Waals surface area (Å²) in [6.07, 6.45) is 0. The molecule has 6 heteroatoms. The minimum atomic E-state index is -1.23. The van der Waals surface area contributed by atoms with Crippen LogP contribution in [-0.4, -0.2) is 5.97 Å². The first-order chi connectivity index (χ1) is 6.93. The van der Waals surface area contributed by atoms with Gasteiger partial charge in [-0.25, -0.2) is 4.79 Å². The van der Waals surface area contributed by atoms with Gasteiger partial charge in [0.1, 0.15) is 5.02 Å². The molecule has 0 aromatic heterocycles. The maximum atomic E-state index is 12.3. The molecule has 0 radical (unpaired) electrons. The molecule has 0 unspecified atom stereocenters. The number of hydrogen-bond acceptors (Lipinski definition) is 2. The SMILES string of the molecule is C=C(F)C(=O)Oc1ccc(Cl)c(Cl)c1Cl. The summed E-state index contributed by atoms with van der Waals surface area (Å²) in [6.45, 7) is 2.78. The molecular formula is C9H4Cl3FO2. The van der Waals surface area contributed by atoms with E-state index in [1.54, 1.807) is 0 Å². The zero-order valence-electron chi connectivity index (χ0n) is 7.19. The van der Waals surface area contributed by atoms with Gasteiger partial charge < -0.3 is 4.74 Å². The second-order valence-electron chi connectivity index (χ2n) is 2.47. The molecule has 0 aliphatic heterocycles. The monoisotopic (exact) mass is 268 g/mol. The second-order valence-corrected chi connectivity index (χ2v) is 3.63. The van der Waals surface area contributed by atoms with E-state index in [1.807, 2.05) is 0 Å². The molecule has 1 aromatic carbocycles. The molecule has 0 atom stereocenters. The largest absolute Gasteiger partial charge is 0.420 e. The van der Waals surface area contributed by atoms with Gasteiger partial charge in [-0.05, 0) is 12.1 Å². The Balaban J connectivity index is 3.02. The predicted octanol–water partition coefficient (Wildman–Crippen LogP) is 4.04. The Morgan fingerprint density at radius 3 is 2.40 bits per heavy atom. The highest BCUT2D eigenvalue weighted by Gasteiger charge is 2.15. The van der Waals surface area contributed by atoms with Gasteiger partial charge in [0.15, 0.2) is 5.75 Å². The molecule has 0 bridgehead atoms. The van der Waals surface area contributed by atoms with E-state index >= 15 is 0 Å². The maximum absolute atomic E-state index is 12.3. The number of rotatable bonds is 2. The summed E-state index contributed by atoms with van der Waals surface area (Å²) in [4.78, 5) is 10.8. The normalized spacial score (nSPS) is 9.87. The first kappa shape index (κ1) is 12.3.